The minimum atomic E-state index is -3.50. The molecule has 1 aliphatic heterocycles. The van der Waals surface area contributed by atoms with Gasteiger partial charge in [0.15, 0.2) is 0 Å². The number of aliphatic hydroxyl groups is 1. The van der Waals surface area contributed by atoms with E-state index in [9.17, 15) is 13.5 Å². The lowest BCUT2D eigenvalue weighted by atomic mass is 9.91. The predicted molar refractivity (Wildman–Crippen MR) is 75.3 cm³/mol. The Hall–Kier alpha value is -0.430. The zero-order valence-electron chi connectivity index (χ0n) is 10.6. The summed E-state index contributed by atoms with van der Waals surface area (Å²) in [5, 5.41) is 10.2. The minimum Gasteiger partial charge on any atom is -0.387 e. The number of benzene rings is 1. The Balaban J connectivity index is 1.84. The Morgan fingerprint density at radius 1 is 1.37 bits per heavy atom. The molecule has 1 N–H and O–H groups in total. The number of sulfonamides is 1. The average molecular weight is 346 g/mol. The summed E-state index contributed by atoms with van der Waals surface area (Å²) in [4.78, 5) is 0.274. The van der Waals surface area contributed by atoms with Crippen molar-refractivity contribution in [1.29, 1.82) is 0 Å². The van der Waals surface area contributed by atoms with Crippen LogP contribution in [0.3, 0.4) is 0 Å². The molecular formula is C13H16BrNO3S. The molecule has 0 unspecified atom stereocenters. The first-order valence-corrected chi connectivity index (χ1v) is 8.55. The van der Waals surface area contributed by atoms with Crippen molar-refractivity contribution in [1.82, 2.24) is 4.31 Å². The monoisotopic (exact) mass is 345 g/mol. The van der Waals surface area contributed by atoms with Gasteiger partial charge in [0.25, 0.3) is 0 Å². The highest BCUT2D eigenvalue weighted by molar-refractivity contribution is 9.10. The number of hydrogen-bond acceptors (Lipinski definition) is 3. The highest BCUT2D eigenvalue weighted by atomic mass is 79.9. The quantitative estimate of drug-likeness (QED) is 0.910. The third kappa shape index (κ3) is 2.24. The smallest absolute Gasteiger partial charge is 0.244 e. The molecule has 0 amide bonds. The van der Waals surface area contributed by atoms with Crippen LogP contribution in [0.4, 0.5) is 0 Å². The van der Waals surface area contributed by atoms with Crippen LogP contribution in [-0.2, 0) is 10.0 Å². The van der Waals surface area contributed by atoms with Crippen molar-refractivity contribution in [3.05, 3.63) is 28.2 Å². The average Bonchev–Trinajstić information content (AvgIpc) is 3.07. The number of rotatable bonds is 3. The third-order valence-corrected chi connectivity index (χ3v) is 6.71. The number of β-amino-alcohol motifs (C(OH)–C–C–N with tert-alkyl or cyclic N) is 1. The number of hydrogen-bond donors (Lipinski definition) is 1. The van der Waals surface area contributed by atoms with E-state index in [4.69, 9.17) is 0 Å². The largest absolute Gasteiger partial charge is 0.387 e. The molecule has 1 saturated carbocycles. The van der Waals surface area contributed by atoms with Crippen molar-refractivity contribution in [2.45, 2.75) is 30.3 Å². The van der Waals surface area contributed by atoms with Crippen molar-refractivity contribution < 1.29 is 13.5 Å². The predicted octanol–water partition coefficient (Wildman–Crippen LogP) is 1.90. The lowest BCUT2D eigenvalue weighted by molar-refractivity contribution is -0.0765. The van der Waals surface area contributed by atoms with E-state index < -0.39 is 15.6 Å². The molecule has 1 aromatic carbocycles. The van der Waals surface area contributed by atoms with Gasteiger partial charge in [0.05, 0.1) is 10.5 Å². The molecule has 1 aliphatic carbocycles. The van der Waals surface area contributed by atoms with Gasteiger partial charge < -0.3 is 5.11 Å². The first-order valence-electron chi connectivity index (χ1n) is 6.32. The molecule has 2 fully saturated rings. The van der Waals surface area contributed by atoms with Crippen molar-refractivity contribution in [3.8, 4) is 0 Å². The fraction of sp³-hybridized carbons (Fsp3) is 0.538. The van der Waals surface area contributed by atoms with Crippen molar-refractivity contribution >= 4 is 26.0 Å². The molecule has 0 spiro atoms. The van der Waals surface area contributed by atoms with E-state index in [1.807, 2.05) is 6.92 Å². The van der Waals surface area contributed by atoms with Gasteiger partial charge in [-0.1, -0.05) is 6.07 Å². The summed E-state index contributed by atoms with van der Waals surface area (Å²) in [6, 6.07) is 5.19. The van der Waals surface area contributed by atoms with E-state index in [1.165, 1.54) is 4.31 Å². The van der Waals surface area contributed by atoms with Gasteiger partial charge >= 0.3 is 0 Å². The van der Waals surface area contributed by atoms with Crippen molar-refractivity contribution in [2.24, 2.45) is 5.92 Å². The van der Waals surface area contributed by atoms with Gasteiger partial charge in [0.2, 0.25) is 10.0 Å². The van der Waals surface area contributed by atoms with E-state index in [0.29, 0.717) is 10.4 Å². The second-order valence-electron chi connectivity index (χ2n) is 5.58. The first-order chi connectivity index (χ1) is 8.83. The number of nitrogens with zero attached hydrogens (tertiary/aromatic N) is 1. The molecule has 0 aromatic heterocycles. The van der Waals surface area contributed by atoms with Crippen LogP contribution in [0.25, 0.3) is 0 Å². The van der Waals surface area contributed by atoms with Gasteiger partial charge in [-0.2, -0.15) is 4.31 Å². The Kier molecular flexibility index (Phi) is 3.05. The van der Waals surface area contributed by atoms with Gasteiger partial charge in [-0.3, -0.25) is 0 Å². The van der Waals surface area contributed by atoms with Gasteiger partial charge in [0.1, 0.15) is 0 Å². The molecule has 1 aromatic rings. The van der Waals surface area contributed by atoms with Crippen molar-refractivity contribution in [2.75, 3.05) is 13.1 Å². The molecule has 1 heterocycles. The van der Waals surface area contributed by atoms with E-state index in [2.05, 4.69) is 15.9 Å². The lowest BCUT2D eigenvalue weighted by Crippen LogP contribution is -2.64. The van der Waals surface area contributed by atoms with Crippen LogP contribution >= 0.6 is 15.9 Å². The van der Waals surface area contributed by atoms with Crippen LogP contribution in [0.15, 0.2) is 27.6 Å². The second-order valence-corrected chi connectivity index (χ2v) is 8.35. The van der Waals surface area contributed by atoms with Crippen LogP contribution in [0, 0.1) is 12.8 Å². The van der Waals surface area contributed by atoms with Gasteiger partial charge in [0, 0.05) is 17.6 Å². The Bertz CT molecular complexity index is 619. The molecule has 4 nitrogen and oxygen atoms in total. The van der Waals surface area contributed by atoms with Gasteiger partial charge in [-0.15, -0.1) is 0 Å². The molecule has 19 heavy (non-hydrogen) atoms. The molecule has 2 aliphatic rings. The van der Waals surface area contributed by atoms with Crippen LogP contribution < -0.4 is 0 Å². The van der Waals surface area contributed by atoms with Crippen molar-refractivity contribution in [3.63, 3.8) is 0 Å². The highest BCUT2D eigenvalue weighted by Gasteiger charge is 2.55. The third-order valence-electron chi connectivity index (χ3n) is 3.94. The summed E-state index contributed by atoms with van der Waals surface area (Å²) in [6.07, 6.45) is 2.03. The molecule has 0 atom stereocenters. The number of halogens is 1. The van der Waals surface area contributed by atoms with Crippen LogP contribution in [0.5, 0.6) is 0 Å². The second kappa shape index (κ2) is 4.28. The van der Waals surface area contributed by atoms with E-state index in [0.717, 1.165) is 18.4 Å². The first kappa shape index (κ1) is 13.5. The van der Waals surface area contributed by atoms with Crippen LogP contribution in [-0.4, -0.2) is 36.5 Å². The van der Waals surface area contributed by atoms with E-state index in [1.54, 1.807) is 18.2 Å². The summed E-state index contributed by atoms with van der Waals surface area (Å²) in [5.74, 6) is 0.292. The minimum absolute atomic E-state index is 0.223. The summed E-state index contributed by atoms with van der Waals surface area (Å²) >= 11 is 3.31. The highest BCUT2D eigenvalue weighted by Crippen LogP contribution is 2.46. The molecule has 6 heteroatoms. The zero-order valence-corrected chi connectivity index (χ0v) is 13.0. The molecule has 0 radical (unpaired) electrons. The van der Waals surface area contributed by atoms with Crippen LogP contribution in [0.1, 0.15) is 18.4 Å². The summed E-state index contributed by atoms with van der Waals surface area (Å²) in [6.45, 7) is 2.36. The van der Waals surface area contributed by atoms with Gasteiger partial charge in [-0.25, -0.2) is 8.42 Å². The van der Waals surface area contributed by atoms with Crippen LogP contribution in [0.2, 0.25) is 0 Å². The van der Waals surface area contributed by atoms with E-state index in [-0.39, 0.29) is 18.0 Å². The molecule has 104 valence electrons. The van der Waals surface area contributed by atoms with Gasteiger partial charge in [-0.05, 0) is 59.3 Å². The topological polar surface area (TPSA) is 57.6 Å². The fourth-order valence-electron chi connectivity index (χ4n) is 2.57. The standard InChI is InChI=1S/C13H16BrNO3S/c1-9-2-5-12(11(14)6-9)19(17,18)15-7-13(16,8-15)10-3-4-10/h2,5-6,10,16H,3-4,7-8H2,1H3. The molecule has 1 saturated heterocycles. The number of aryl methyl sites for hydroxylation is 1. The lowest BCUT2D eigenvalue weighted by Gasteiger charge is -2.45. The summed E-state index contributed by atoms with van der Waals surface area (Å²) in [5.41, 5.74) is 0.216. The fourth-order valence-corrected chi connectivity index (χ4v) is 5.28. The summed E-state index contributed by atoms with van der Waals surface area (Å²) in [7, 11) is -3.50. The summed E-state index contributed by atoms with van der Waals surface area (Å²) < 4.78 is 26.9. The Labute approximate surface area is 121 Å². The van der Waals surface area contributed by atoms with E-state index >= 15 is 0 Å². The maximum absolute atomic E-state index is 12.5. The SMILES string of the molecule is Cc1ccc(S(=O)(=O)N2CC(O)(C3CC3)C2)c(Br)c1. The maximum Gasteiger partial charge on any atom is 0.244 e. The molecular weight excluding hydrogens is 330 g/mol. The molecule has 0 bridgehead atoms. The Morgan fingerprint density at radius 3 is 2.53 bits per heavy atom. The zero-order chi connectivity index (χ0) is 13.8. The normalized spacial score (nSPS) is 23.1. The Morgan fingerprint density at radius 2 is 2.00 bits per heavy atom. The molecule has 3 rings (SSSR count). The maximum atomic E-state index is 12.5.